The summed E-state index contributed by atoms with van der Waals surface area (Å²) < 4.78 is 5.55. The molecule has 6 heteroatoms. The Bertz CT molecular complexity index is 569. The second-order valence-electron chi connectivity index (χ2n) is 6.64. The van der Waals surface area contributed by atoms with E-state index in [-0.39, 0.29) is 5.91 Å². The van der Waals surface area contributed by atoms with E-state index in [1.54, 1.807) is 7.05 Å². The van der Waals surface area contributed by atoms with Crippen LogP contribution >= 0.6 is 0 Å². The molecule has 1 fully saturated rings. The van der Waals surface area contributed by atoms with E-state index >= 15 is 0 Å². The van der Waals surface area contributed by atoms with Crippen molar-refractivity contribution in [3.63, 3.8) is 0 Å². The van der Waals surface area contributed by atoms with E-state index in [2.05, 4.69) is 29.5 Å². The van der Waals surface area contributed by atoms with Gasteiger partial charge in [0.05, 0.1) is 6.61 Å². The van der Waals surface area contributed by atoms with Crippen LogP contribution in [0, 0.1) is 5.92 Å². The van der Waals surface area contributed by atoms with Crippen molar-refractivity contribution in [2.45, 2.75) is 33.2 Å². The van der Waals surface area contributed by atoms with E-state index in [1.807, 2.05) is 29.2 Å². The lowest BCUT2D eigenvalue weighted by Crippen LogP contribution is -2.38. The van der Waals surface area contributed by atoms with Gasteiger partial charge in [0.1, 0.15) is 0 Å². The third kappa shape index (κ3) is 6.38. The highest BCUT2D eigenvalue weighted by molar-refractivity contribution is 5.95. The average Bonchev–Trinajstić information content (AvgIpc) is 3.03. The highest BCUT2D eigenvalue weighted by Crippen LogP contribution is 2.21. The highest BCUT2D eigenvalue weighted by atomic mass is 16.5. The summed E-state index contributed by atoms with van der Waals surface area (Å²) in [7, 11) is 1.76. The van der Waals surface area contributed by atoms with Crippen molar-refractivity contribution in [3.8, 4) is 0 Å². The van der Waals surface area contributed by atoms with Crippen LogP contribution in [-0.2, 0) is 16.1 Å². The Balaban J connectivity index is 1.73. The number of carbonyl (C=O) groups excluding carboxylic acids is 1. The van der Waals surface area contributed by atoms with Crippen molar-refractivity contribution >= 4 is 17.6 Å². The van der Waals surface area contributed by atoms with E-state index in [9.17, 15) is 4.79 Å². The molecule has 0 aliphatic carbocycles. The summed E-state index contributed by atoms with van der Waals surface area (Å²) in [6, 6.07) is 8.12. The Morgan fingerprint density at radius 3 is 2.64 bits per heavy atom. The minimum Gasteiger partial charge on any atom is -0.379 e. The number of rotatable bonds is 8. The van der Waals surface area contributed by atoms with Crippen LogP contribution in [0.2, 0.25) is 0 Å². The summed E-state index contributed by atoms with van der Waals surface area (Å²) in [5, 5.41) is 6.52. The number of amides is 1. The third-order valence-electron chi connectivity index (χ3n) is 4.00. The second kappa shape index (κ2) is 10.0. The summed E-state index contributed by atoms with van der Waals surface area (Å²) in [5.41, 5.74) is 2.13. The molecule has 0 atom stereocenters. The lowest BCUT2D eigenvalue weighted by molar-refractivity contribution is -0.117. The Kier molecular flexibility index (Phi) is 7.73. The maximum Gasteiger partial charge on any atom is 0.227 e. The molecule has 1 saturated heterocycles. The Hall–Kier alpha value is -2.08. The molecule has 2 rings (SSSR count). The van der Waals surface area contributed by atoms with Gasteiger partial charge in [-0.25, -0.2) is 0 Å². The van der Waals surface area contributed by atoms with Crippen LogP contribution in [0.3, 0.4) is 0 Å². The molecular formula is C19H30N4O2. The first kappa shape index (κ1) is 19.2. The monoisotopic (exact) mass is 346 g/mol. The van der Waals surface area contributed by atoms with Crippen LogP contribution in [0.15, 0.2) is 29.3 Å². The van der Waals surface area contributed by atoms with Crippen LogP contribution in [0.1, 0.15) is 32.3 Å². The van der Waals surface area contributed by atoms with Crippen LogP contribution in [0.4, 0.5) is 5.69 Å². The number of carbonyl (C=O) groups is 1. The number of benzene rings is 1. The molecule has 0 saturated carbocycles. The van der Waals surface area contributed by atoms with Crippen molar-refractivity contribution in [1.82, 2.24) is 10.6 Å². The molecule has 138 valence electrons. The number of anilines is 1. The van der Waals surface area contributed by atoms with Crippen LogP contribution in [-0.4, -0.2) is 45.2 Å². The van der Waals surface area contributed by atoms with Gasteiger partial charge < -0.3 is 20.3 Å². The molecule has 0 bridgehead atoms. The number of nitrogens with one attached hydrogen (secondary N) is 2. The summed E-state index contributed by atoms with van der Waals surface area (Å²) in [6.45, 7) is 7.95. The standard InChI is InChI=1S/C19H30N4O2/c1-15(2)14-25-12-10-21-19(20-3)22-13-16-6-8-17(9-7-16)23-11-4-5-18(23)24/h6-9,15H,4-5,10-14H2,1-3H3,(H2,20,21,22). The number of aliphatic imine (C=N–C) groups is 1. The summed E-state index contributed by atoms with van der Waals surface area (Å²) in [5.74, 6) is 1.53. The van der Waals surface area contributed by atoms with E-state index in [4.69, 9.17) is 4.74 Å². The zero-order valence-electron chi connectivity index (χ0n) is 15.5. The Labute approximate surface area is 150 Å². The van der Waals surface area contributed by atoms with Gasteiger partial charge in [0.15, 0.2) is 5.96 Å². The lowest BCUT2D eigenvalue weighted by Gasteiger charge is -2.16. The predicted molar refractivity (Wildman–Crippen MR) is 102 cm³/mol. The first-order valence-corrected chi connectivity index (χ1v) is 9.01. The Morgan fingerprint density at radius 1 is 1.28 bits per heavy atom. The lowest BCUT2D eigenvalue weighted by atomic mass is 10.2. The minimum atomic E-state index is 0.218. The minimum absolute atomic E-state index is 0.218. The normalized spacial score (nSPS) is 15.1. The molecule has 6 nitrogen and oxygen atoms in total. The number of guanidine groups is 1. The van der Waals surface area contributed by atoms with E-state index in [0.717, 1.165) is 43.3 Å². The fourth-order valence-electron chi connectivity index (χ4n) is 2.68. The molecule has 25 heavy (non-hydrogen) atoms. The smallest absolute Gasteiger partial charge is 0.227 e. The maximum absolute atomic E-state index is 11.8. The molecular weight excluding hydrogens is 316 g/mol. The van der Waals surface area contributed by atoms with Crippen LogP contribution < -0.4 is 15.5 Å². The SMILES string of the molecule is CN=C(NCCOCC(C)C)NCc1ccc(N2CCCC2=O)cc1. The van der Waals surface area contributed by atoms with Crippen LogP contribution in [0.25, 0.3) is 0 Å². The van der Waals surface area contributed by atoms with E-state index < -0.39 is 0 Å². The van der Waals surface area contributed by atoms with Crippen LogP contribution in [0.5, 0.6) is 0 Å². The quantitative estimate of drug-likeness (QED) is 0.430. The van der Waals surface area contributed by atoms with Gasteiger partial charge in [0, 0.05) is 45.4 Å². The molecule has 0 spiro atoms. The number of ether oxygens (including phenoxy) is 1. The molecule has 0 radical (unpaired) electrons. The van der Waals surface area contributed by atoms with Gasteiger partial charge in [0.25, 0.3) is 0 Å². The average molecular weight is 346 g/mol. The summed E-state index contributed by atoms with van der Waals surface area (Å²) in [4.78, 5) is 17.8. The van der Waals surface area contributed by atoms with E-state index in [1.165, 1.54) is 0 Å². The predicted octanol–water partition coefficient (Wildman–Crippen LogP) is 2.15. The zero-order valence-corrected chi connectivity index (χ0v) is 15.5. The number of hydrogen-bond acceptors (Lipinski definition) is 3. The van der Waals surface area contributed by atoms with Gasteiger partial charge in [0.2, 0.25) is 5.91 Å². The number of nitrogens with zero attached hydrogens (tertiary/aromatic N) is 2. The van der Waals surface area contributed by atoms with Gasteiger partial charge >= 0.3 is 0 Å². The molecule has 1 aromatic carbocycles. The van der Waals surface area contributed by atoms with Crippen molar-refractivity contribution < 1.29 is 9.53 Å². The molecule has 0 aromatic heterocycles. The van der Waals surface area contributed by atoms with Crippen molar-refractivity contribution in [2.75, 3.05) is 38.3 Å². The molecule has 2 N–H and O–H groups in total. The van der Waals surface area contributed by atoms with Crippen molar-refractivity contribution in [3.05, 3.63) is 29.8 Å². The van der Waals surface area contributed by atoms with Gasteiger partial charge in [-0.15, -0.1) is 0 Å². The fraction of sp³-hybridized carbons (Fsp3) is 0.579. The first-order valence-electron chi connectivity index (χ1n) is 9.01. The van der Waals surface area contributed by atoms with Crippen molar-refractivity contribution in [2.24, 2.45) is 10.9 Å². The Morgan fingerprint density at radius 2 is 2.04 bits per heavy atom. The molecule has 1 heterocycles. The van der Waals surface area contributed by atoms with Gasteiger partial charge in [-0.3, -0.25) is 9.79 Å². The highest BCUT2D eigenvalue weighted by Gasteiger charge is 2.21. The molecule has 1 amide bonds. The second-order valence-corrected chi connectivity index (χ2v) is 6.64. The van der Waals surface area contributed by atoms with Gasteiger partial charge in [-0.05, 0) is 30.0 Å². The maximum atomic E-state index is 11.8. The van der Waals surface area contributed by atoms with E-state index in [0.29, 0.717) is 25.5 Å². The molecule has 0 unspecified atom stereocenters. The molecule has 1 aromatic rings. The summed E-state index contributed by atoms with van der Waals surface area (Å²) >= 11 is 0. The topological polar surface area (TPSA) is 66.0 Å². The zero-order chi connectivity index (χ0) is 18.1. The van der Waals surface area contributed by atoms with Crippen molar-refractivity contribution in [1.29, 1.82) is 0 Å². The molecule has 1 aliphatic rings. The summed E-state index contributed by atoms with van der Waals surface area (Å²) in [6.07, 6.45) is 1.61. The third-order valence-corrected chi connectivity index (χ3v) is 4.00. The number of hydrogen-bond donors (Lipinski definition) is 2. The largest absolute Gasteiger partial charge is 0.379 e. The van der Waals surface area contributed by atoms with Gasteiger partial charge in [-0.2, -0.15) is 0 Å². The fourth-order valence-corrected chi connectivity index (χ4v) is 2.68. The molecule has 1 aliphatic heterocycles. The first-order chi connectivity index (χ1) is 12.1. The van der Waals surface area contributed by atoms with Gasteiger partial charge in [-0.1, -0.05) is 26.0 Å².